The van der Waals surface area contributed by atoms with Gasteiger partial charge in [0.25, 0.3) is 0 Å². The molecule has 0 aliphatic rings. The lowest BCUT2D eigenvalue weighted by molar-refractivity contribution is 0.149. The van der Waals surface area contributed by atoms with Crippen molar-refractivity contribution in [3.63, 3.8) is 0 Å². The molecule has 116 valence electrons. The zero-order chi connectivity index (χ0) is 15.9. The van der Waals surface area contributed by atoms with Crippen molar-refractivity contribution < 1.29 is 0 Å². The molecule has 4 heteroatoms. The fraction of sp³-hybridized carbons (Fsp3) is 0.588. The van der Waals surface area contributed by atoms with Crippen LogP contribution >= 0.6 is 0 Å². The van der Waals surface area contributed by atoms with Gasteiger partial charge in [-0.15, -0.1) is 0 Å². The van der Waals surface area contributed by atoms with E-state index in [1.165, 1.54) is 0 Å². The van der Waals surface area contributed by atoms with E-state index in [2.05, 4.69) is 49.1 Å². The van der Waals surface area contributed by atoms with Gasteiger partial charge in [0, 0.05) is 19.1 Å². The van der Waals surface area contributed by atoms with Crippen LogP contribution in [0.4, 0.5) is 0 Å². The smallest absolute Gasteiger partial charge is 0.144 e. The maximum absolute atomic E-state index is 9.79. The number of benzene rings is 1. The number of likely N-dealkylation sites (N-methyl/N-ethyl adjacent to an activating group) is 3. The van der Waals surface area contributed by atoms with Gasteiger partial charge in [0.15, 0.2) is 0 Å². The van der Waals surface area contributed by atoms with Gasteiger partial charge in [0.05, 0.1) is 6.07 Å². The van der Waals surface area contributed by atoms with E-state index in [9.17, 15) is 5.26 Å². The molecule has 0 saturated carbocycles. The Morgan fingerprint density at radius 3 is 2.33 bits per heavy atom. The van der Waals surface area contributed by atoms with Gasteiger partial charge in [-0.2, -0.15) is 5.26 Å². The van der Waals surface area contributed by atoms with E-state index in [0.717, 1.165) is 18.7 Å². The van der Waals surface area contributed by atoms with E-state index in [0.29, 0.717) is 12.6 Å². The van der Waals surface area contributed by atoms with Crippen molar-refractivity contribution in [1.29, 1.82) is 5.26 Å². The summed E-state index contributed by atoms with van der Waals surface area (Å²) in [7, 11) is 6.02. The lowest BCUT2D eigenvalue weighted by Crippen LogP contribution is -2.52. The molecule has 2 atom stereocenters. The summed E-state index contributed by atoms with van der Waals surface area (Å²) >= 11 is 0. The Kier molecular flexibility index (Phi) is 6.83. The summed E-state index contributed by atoms with van der Waals surface area (Å²) in [6, 6.07) is 12.9. The minimum Gasteiger partial charge on any atom is -0.308 e. The topological polar surface area (TPSA) is 42.3 Å². The normalized spacial score (nSPS) is 15.7. The average Bonchev–Trinajstić information content (AvgIpc) is 2.49. The molecule has 1 aromatic carbocycles. The molecule has 0 saturated heterocycles. The third-order valence-corrected chi connectivity index (χ3v) is 3.98. The fourth-order valence-corrected chi connectivity index (χ4v) is 2.72. The zero-order valence-corrected chi connectivity index (χ0v) is 13.9. The number of nitriles is 1. The number of hydrogen-bond acceptors (Lipinski definition) is 4. The van der Waals surface area contributed by atoms with Crippen molar-refractivity contribution in [2.45, 2.75) is 25.4 Å². The largest absolute Gasteiger partial charge is 0.308 e. The summed E-state index contributed by atoms with van der Waals surface area (Å²) in [5, 5.41) is 13.0. The third kappa shape index (κ3) is 4.53. The average molecular weight is 288 g/mol. The molecule has 1 rings (SSSR count). The molecule has 0 bridgehead atoms. The first-order chi connectivity index (χ1) is 9.99. The lowest BCUT2D eigenvalue weighted by Gasteiger charge is -2.37. The van der Waals surface area contributed by atoms with Gasteiger partial charge in [0.2, 0.25) is 0 Å². The van der Waals surface area contributed by atoms with Crippen molar-refractivity contribution in [3.05, 3.63) is 35.9 Å². The van der Waals surface area contributed by atoms with Crippen molar-refractivity contribution in [2.24, 2.45) is 0 Å². The molecule has 0 aliphatic heterocycles. The molecule has 0 fully saturated rings. The Hall–Kier alpha value is -1.41. The molecule has 0 aromatic heterocycles. The summed E-state index contributed by atoms with van der Waals surface area (Å²) in [5.74, 6) is 0. The highest BCUT2D eigenvalue weighted by Gasteiger charge is 2.33. The standard InChI is InChI=1S/C17H28N4/c1-6-21(15(2)12-20(4)5)14-17(13-18,19-3)16-10-8-7-9-11-16/h7-11,15,19H,6,12,14H2,1-5H3. The van der Waals surface area contributed by atoms with Crippen LogP contribution in [0.2, 0.25) is 0 Å². The van der Waals surface area contributed by atoms with E-state index in [4.69, 9.17) is 0 Å². The Balaban J connectivity index is 2.99. The number of nitrogens with zero attached hydrogens (tertiary/aromatic N) is 3. The van der Waals surface area contributed by atoms with Crippen LogP contribution in [0.25, 0.3) is 0 Å². The first-order valence-electron chi connectivity index (χ1n) is 7.53. The van der Waals surface area contributed by atoms with Crippen molar-refractivity contribution in [2.75, 3.05) is 40.8 Å². The Bertz CT molecular complexity index is 452. The van der Waals surface area contributed by atoms with Gasteiger partial charge < -0.3 is 4.90 Å². The summed E-state index contributed by atoms with van der Waals surface area (Å²) in [4.78, 5) is 4.54. The molecule has 21 heavy (non-hydrogen) atoms. The maximum atomic E-state index is 9.79. The van der Waals surface area contributed by atoms with E-state index >= 15 is 0 Å². The molecule has 0 spiro atoms. The zero-order valence-electron chi connectivity index (χ0n) is 13.9. The monoisotopic (exact) mass is 288 g/mol. The minimum absolute atomic E-state index is 0.398. The van der Waals surface area contributed by atoms with Crippen molar-refractivity contribution >= 4 is 0 Å². The predicted molar refractivity (Wildman–Crippen MR) is 88.1 cm³/mol. The maximum Gasteiger partial charge on any atom is 0.144 e. The van der Waals surface area contributed by atoms with E-state index in [-0.39, 0.29) is 0 Å². The first kappa shape index (κ1) is 17.6. The highest BCUT2D eigenvalue weighted by molar-refractivity contribution is 5.32. The second kappa shape index (κ2) is 8.14. The van der Waals surface area contributed by atoms with Gasteiger partial charge in [-0.3, -0.25) is 10.2 Å². The predicted octanol–water partition coefficient (Wildman–Crippen LogP) is 1.90. The van der Waals surface area contributed by atoms with Crippen LogP contribution in [-0.4, -0.2) is 56.6 Å². The molecule has 0 aliphatic carbocycles. The summed E-state index contributed by atoms with van der Waals surface area (Å²) in [5.41, 5.74) is 0.350. The first-order valence-corrected chi connectivity index (χ1v) is 7.53. The molecule has 0 radical (unpaired) electrons. The molecular formula is C17H28N4. The van der Waals surface area contributed by atoms with Crippen LogP contribution in [0.5, 0.6) is 0 Å². The lowest BCUT2D eigenvalue weighted by atomic mass is 9.90. The summed E-state index contributed by atoms with van der Waals surface area (Å²) in [6.45, 7) is 6.94. The van der Waals surface area contributed by atoms with E-state index < -0.39 is 5.54 Å². The van der Waals surface area contributed by atoms with Gasteiger partial charge in [-0.1, -0.05) is 37.3 Å². The minimum atomic E-state index is -0.669. The highest BCUT2D eigenvalue weighted by atomic mass is 15.2. The second-order valence-electron chi connectivity index (χ2n) is 5.81. The summed E-state index contributed by atoms with van der Waals surface area (Å²) < 4.78 is 0. The van der Waals surface area contributed by atoms with Crippen LogP contribution in [0.15, 0.2) is 30.3 Å². The Morgan fingerprint density at radius 1 is 1.29 bits per heavy atom. The van der Waals surface area contributed by atoms with Gasteiger partial charge in [-0.05, 0) is 40.2 Å². The molecular weight excluding hydrogens is 260 g/mol. The molecule has 0 heterocycles. The number of nitrogens with one attached hydrogen (secondary N) is 1. The third-order valence-electron chi connectivity index (χ3n) is 3.98. The quantitative estimate of drug-likeness (QED) is 0.793. The number of hydrogen-bond donors (Lipinski definition) is 1. The van der Waals surface area contributed by atoms with Crippen LogP contribution in [0.1, 0.15) is 19.4 Å². The van der Waals surface area contributed by atoms with E-state index in [1.54, 1.807) is 0 Å². The van der Waals surface area contributed by atoms with Crippen LogP contribution in [-0.2, 0) is 5.54 Å². The highest BCUT2D eigenvalue weighted by Crippen LogP contribution is 2.22. The van der Waals surface area contributed by atoms with Crippen LogP contribution in [0, 0.1) is 11.3 Å². The van der Waals surface area contributed by atoms with Gasteiger partial charge in [-0.25, -0.2) is 0 Å². The molecule has 1 N–H and O–H groups in total. The molecule has 0 amide bonds. The molecule has 1 aromatic rings. The van der Waals surface area contributed by atoms with Crippen LogP contribution in [0.3, 0.4) is 0 Å². The molecule has 4 nitrogen and oxygen atoms in total. The number of rotatable bonds is 8. The Morgan fingerprint density at radius 2 is 1.90 bits per heavy atom. The SMILES string of the molecule is CCN(CC(C#N)(NC)c1ccccc1)C(C)CN(C)C. The van der Waals surface area contributed by atoms with Crippen molar-refractivity contribution in [1.82, 2.24) is 15.1 Å². The Labute approximate surface area is 129 Å². The second-order valence-corrected chi connectivity index (χ2v) is 5.81. The van der Waals surface area contributed by atoms with Crippen LogP contribution < -0.4 is 5.32 Å². The molecule has 2 unspecified atom stereocenters. The fourth-order valence-electron chi connectivity index (χ4n) is 2.72. The van der Waals surface area contributed by atoms with Gasteiger partial charge >= 0.3 is 0 Å². The van der Waals surface area contributed by atoms with E-state index in [1.807, 2.05) is 37.4 Å². The van der Waals surface area contributed by atoms with Gasteiger partial charge in [0.1, 0.15) is 5.54 Å². The van der Waals surface area contributed by atoms with Crippen molar-refractivity contribution in [3.8, 4) is 6.07 Å². The summed E-state index contributed by atoms with van der Waals surface area (Å²) in [6.07, 6.45) is 0.